The van der Waals surface area contributed by atoms with E-state index in [0.717, 1.165) is 61.7 Å². The number of rotatable bonds is 5. The summed E-state index contributed by atoms with van der Waals surface area (Å²) in [5, 5.41) is 1.00. The van der Waals surface area contributed by atoms with Gasteiger partial charge in [0.15, 0.2) is 11.5 Å². The first kappa shape index (κ1) is 51.1. The summed E-state index contributed by atoms with van der Waals surface area (Å²) in [6.07, 6.45) is 0.457. The van der Waals surface area contributed by atoms with Crippen molar-refractivity contribution in [3.63, 3.8) is 0 Å². The van der Waals surface area contributed by atoms with E-state index in [1.807, 2.05) is 91.0 Å². The van der Waals surface area contributed by atoms with E-state index in [2.05, 4.69) is 77.8 Å². The van der Waals surface area contributed by atoms with Gasteiger partial charge in [-0.3, -0.25) is 0 Å². The Morgan fingerprint density at radius 3 is 1.74 bits per heavy atom. The van der Waals surface area contributed by atoms with Crippen LogP contribution in [-0.4, -0.2) is 20.7 Å². The van der Waals surface area contributed by atoms with E-state index in [1.54, 1.807) is 7.11 Å². The second kappa shape index (κ2) is 24.7. The van der Waals surface area contributed by atoms with Crippen LogP contribution < -0.4 is 29.0 Å². The number of hydrogen-bond acceptors (Lipinski definition) is 5. The Hall–Kier alpha value is 0.0526. The summed E-state index contributed by atoms with van der Waals surface area (Å²) in [5.41, 5.74) is 17.5. The molecule has 0 fully saturated rings. The average molecular weight is 916 g/mol. The van der Waals surface area contributed by atoms with Crippen LogP contribution in [0.4, 0.5) is 0 Å². The van der Waals surface area contributed by atoms with Gasteiger partial charge >= 0.3 is 27.0 Å². The van der Waals surface area contributed by atoms with Crippen molar-refractivity contribution in [2.45, 2.75) is 39.7 Å². The monoisotopic (exact) mass is 916 g/mol. The van der Waals surface area contributed by atoms with Gasteiger partial charge < -0.3 is 36.3 Å². The molecule has 2 atom stereocenters. The molecule has 0 saturated heterocycles. The maximum atomic E-state index is 8.71. The molecule has 289 valence electrons. The molecule has 2 aliphatic rings. The summed E-state index contributed by atoms with van der Waals surface area (Å²) >= 11 is 1.82. The summed E-state index contributed by atoms with van der Waals surface area (Å²) in [5.74, 6) is 3.70. The summed E-state index contributed by atoms with van der Waals surface area (Å²) in [4.78, 5) is 0. The Balaban J connectivity index is 0.000000400. The molecule has 7 rings (SSSR count). The topological polar surface area (TPSA) is 70.0 Å². The molecule has 2 aliphatic heterocycles. The zero-order valence-corrected chi connectivity index (χ0v) is 35.8. The third-order valence-electron chi connectivity index (χ3n) is 8.20. The SMILES string of the molecule is Cc1cc(C)cc(C)c1.[Ar].[Ar].[Ar].[CH2-]CC([NH-])(c1[c-]cc(C)cc1)c1ccc(OC)cc1.[CH2-]c1ccc2c(c1-c1c(P)ccc3c1OCO3)OCO2.[Cl][Ru]. The molecular formula is C41H42Ar3ClNO5PRu-4. The Kier molecular flexibility index (Phi) is 23.8. The fraction of sp³-hybridized carbons (Fsp3) is 0.220. The second-order valence-electron chi connectivity index (χ2n) is 11.9. The van der Waals surface area contributed by atoms with E-state index in [0.29, 0.717) is 12.2 Å². The predicted molar refractivity (Wildman–Crippen MR) is 203 cm³/mol. The minimum atomic E-state index is -0.861. The molecule has 0 bridgehead atoms. The zero-order valence-electron chi connectivity index (χ0n) is 30.0. The molecule has 2 heterocycles. The van der Waals surface area contributed by atoms with Crippen molar-refractivity contribution in [2.75, 3.05) is 20.7 Å². The van der Waals surface area contributed by atoms with E-state index in [1.165, 1.54) is 16.7 Å². The van der Waals surface area contributed by atoms with E-state index >= 15 is 0 Å². The molecular weight excluding hydrogens is 874 g/mol. The summed E-state index contributed by atoms with van der Waals surface area (Å²) < 4.78 is 27.3. The van der Waals surface area contributed by atoms with Crippen molar-refractivity contribution in [3.05, 3.63) is 150 Å². The van der Waals surface area contributed by atoms with Crippen LogP contribution in [0.5, 0.6) is 28.7 Å². The number of methoxy groups -OCH3 is 1. The molecule has 0 amide bonds. The van der Waals surface area contributed by atoms with Gasteiger partial charge in [0, 0.05) is 113 Å². The Morgan fingerprint density at radius 1 is 0.755 bits per heavy atom. The van der Waals surface area contributed by atoms with Gasteiger partial charge in [0.1, 0.15) is 17.2 Å². The van der Waals surface area contributed by atoms with Crippen LogP contribution in [-0.2, 0) is 22.9 Å². The van der Waals surface area contributed by atoms with Crippen molar-refractivity contribution in [2.24, 2.45) is 0 Å². The molecule has 0 saturated carbocycles. The second-order valence-corrected chi connectivity index (χ2v) is 12.5. The number of hydrogen-bond donors (Lipinski definition) is 0. The van der Waals surface area contributed by atoms with Gasteiger partial charge in [0.25, 0.3) is 0 Å². The standard InChI is InChI=1S/C17H18NO.C15H12O4P.C9H12.3Ar.ClH.Ru/c1-4-17(18,14-7-5-13(2)6-8-14)15-9-11-16(19-3)12-10-15;1-8-2-3-9-14(18-6-16-9)12(8)13-11(20)5-4-10-15(13)19-7-17-10;1-7-4-8(2)6-9(3)5-7;;;;;/h5-7,9-12,18H,1,4H2,2-3H3;2-5H,1,6-7,20H2;4-6H,1-3H3;;;;1H;/q-3;-1;;;;;;+1/p-1. The molecule has 53 heavy (non-hydrogen) atoms. The maximum absolute atomic E-state index is 8.71. The summed E-state index contributed by atoms with van der Waals surface area (Å²) in [6, 6.07) is 30.9. The van der Waals surface area contributed by atoms with Gasteiger partial charge in [-0.15, -0.1) is 14.8 Å². The molecule has 0 aromatic heterocycles. The van der Waals surface area contributed by atoms with Gasteiger partial charge in [-0.05, 0) is 49.8 Å². The Labute approximate surface area is 421 Å². The summed E-state index contributed by atoms with van der Waals surface area (Å²) in [6.45, 7) is 16.9. The van der Waals surface area contributed by atoms with E-state index < -0.39 is 5.54 Å². The van der Waals surface area contributed by atoms with Crippen molar-refractivity contribution in [1.29, 1.82) is 0 Å². The van der Waals surface area contributed by atoms with E-state index in [-0.39, 0.29) is 127 Å². The van der Waals surface area contributed by atoms with Crippen molar-refractivity contribution in [1.82, 2.24) is 0 Å². The van der Waals surface area contributed by atoms with Crippen molar-refractivity contribution >= 4 is 24.2 Å². The van der Waals surface area contributed by atoms with Gasteiger partial charge in [0.05, 0.1) is 7.11 Å². The fourth-order valence-electron chi connectivity index (χ4n) is 5.81. The third kappa shape index (κ3) is 13.3. The number of halogens is 1. The van der Waals surface area contributed by atoms with Gasteiger partial charge in [-0.1, -0.05) is 77.2 Å². The minimum absolute atomic E-state index is 0. The van der Waals surface area contributed by atoms with Crippen LogP contribution in [0.15, 0.2) is 84.9 Å². The summed E-state index contributed by atoms with van der Waals surface area (Å²) in [7, 11) is 8.92. The van der Waals surface area contributed by atoms with Crippen molar-refractivity contribution in [3.8, 4) is 39.9 Å². The predicted octanol–water partition coefficient (Wildman–Crippen LogP) is 10.1. The number of ether oxygens (including phenoxy) is 5. The molecule has 5 aromatic carbocycles. The quantitative estimate of drug-likeness (QED) is 0.0998. The number of benzene rings is 5. The van der Waals surface area contributed by atoms with E-state index in [9.17, 15) is 0 Å². The third-order valence-corrected chi connectivity index (χ3v) is 8.68. The first-order chi connectivity index (χ1) is 24.0. The van der Waals surface area contributed by atoms with Crippen LogP contribution in [0.1, 0.15) is 45.4 Å². The molecule has 2 unspecified atom stereocenters. The first-order valence-corrected chi connectivity index (χ1v) is 18.6. The normalized spacial score (nSPS) is 12.3. The van der Waals surface area contributed by atoms with Crippen LogP contribution >= 0.6 is 18.9 Å². The molecule has 5 aromatic rings. The fourth-order valence-corrected chi connectivity index (χ4v) is 6.18. The molecule has 1 N–H and O–H groups in total. The van der Waals surface area contributed by atoms with Gasteiger partial charge in [-0.25, -0.2) is 0 Å². The van der Waals surface area contributed by atoms with Crippen molar-refractivity contribution < 1.29 is 154 Å². The van der Waals surface area contributed by atoms with Crippen LogP contribution in [0, 0.1) is 161 Å². The number of fused-ring (bicyclic) bond motifs is 2. The van der Waals surface area contributed by atoms with Gasteiger partial charge in [-0.2, -0.15) is 60.4 Å². The first-order valence-electron chi connectivity index (χ1n) is 15.8. The van der Waals surface area contributed by atoms with Crippen LogP contribution in [0.25, 0.3) is 16.9 Å². The van der Waals surface area contributed by atoms with Gasteiger partial charge in [0.2, 0.25) is 13.6 Å². The number of nitrogens with one attached hydrogen (secondary N) is 1. The van der Waals surface area contributed by atoms with Crippen LogP contribution in [0.3, 0.4) is 0 Å². The molecule has 6 nitrogen and oxygen atoms in total. The van der Waals surface area contributed by atoms with Crippen LogP contribution in [0.2, 0.25) is 0 Å². The average Bonchev–Trinajstić information content (AvgIpc) is 3.80. The Morgan fingerprint density at radius 2 is 1.26 bits per heavy atom. The number of aryl methyl sites for hydroxylation is 4. The molecule has 0 aliphatic carbocycles. The zero-order chi connectivity index (χ0) is 36.4. The molecule has 0 spiro atoms. The van der Waals surface area contributed by atoms with E-state index in [4.69, 9.17) is 29.4 Å². The molecule has 12 heteroatoms. The molecule has 0 radical (unpaired) electrons. The Bertz CT molecular complexity index is 1790.